The molecule has 158 valence electrons. The zero-order valence-electron chi connectivity index (χ0n) is 17.8. The molecule has 29 heavy (non-hydrogen) atoms. The lowest BCUT2D eigenvalue weighted by atomic mass is 9.98. The smallest absolute Gasteiger partial charge is 0.233 e. The number of hydrogen-bond donors (Lipinski definition) is 0. The third-order valence-corrected chi connectivity index (χ3v) is 6.86. The van der Waals surface area contributed by atoms with Crippen molar-refractivity contribution in [2.75, 3.05) is 19.8 Å². The average Bonchev–Trinajstić information content (AvgIpc) is 3.10. The second kappa shape index (κ2) is 9.49. The molecule has 0 spiro atoms. The van der Waals surface area contributed by atoms with Crippen LogP contribution in [0.15, 0.2) is 29.4 Å². The highest BCUT2D eigenvalue weighted by molar-refractivity contribution is 7.99. The van der Waals surface area contributed by atoms with E-state index in [2.05, 4.69) is 35.9 Å². The fourth-order valence-electron chi connectivity index (χ4n) is 3.82. The standard InChI is InChI=1S/C21H30ClN5OS/c1-14-7-6-8-15(2)26(14)19(28)13-29-21-24-23-20(16(3)25(4)5)27(21)18-11-9-17(22)10-12-18/h9-12,14-16H,6-8,13H2,1-5H3/t14-,15-,16-/m0/s1. The molecule has 2 aromatic rings. The molecular formula is C21H30ClN5OS. The first kappa shape index (κ1) is 22.1. The number of likely N-dealkylation sites (tertiary alicyclic amines) is 1. The molecule has 0 N–H and O–H groups in total. The van der Waals surface area contributed by atoms with Crippen molar-refractivity contribution in [1.29, 1.82) is 0 Å². The predicted octanol–water partition coefficient (Wildman–Crippen LogP) is 4.42. The Morgan fingerprint density at radius 2 is 1.83 bits per heavy atom. The second-order valence-electron chi connectivity index (χ2n) is 8.01. The minimum atomic E-state index is 0.0744. The summed E-state index contributed by atoms with van der Waals surface area (Å²) in [7, 11) is 4.03. The topological polar surface area (TPSA) is 54.3 Å². The van der Waals surface area contributed by atoms with E-state index >= 15 is 0 Å². The fraction of sp³-hybridized carbons (Fsp3) is 0.571. The number of nitrogens with zero attached hydrogens (tertiary/aromatic N) is 5. The van der Waals surface area contributed by atoms with E-state index in [0.29, 0.717) is 22.9 Å². The van der Waals surface area contributed by atoms with E-state index in [0.717, 1.165) is 29.5 Å². The van der Waals surface area contributed by atoms with Crippen LogP contribution in [0.1, 0.15) is 51.9 Å². The number of rotatable bonds is 6. The van der Waals surface area contributed by atoms with Crippen molar-refractivity contribution in [2.45, 2.75) is 63.3 Å². The molecule has 2 heterocycles. The maximum Gasteiger partial charge on any atom is 0.233 e. The largest absolute Gasteiger partial charge is 0.337 e. The van der Waals surface area contributed by atoms with Crippen molar-refractivity contribution in [3.8, 4) is 5.69 Å². The normalized spacial score (nSPS) is 20.9. The number of halogens is 1. The van der Waals surface area contributed by atoms with Gasteiger partial charge < -0.3 is 4.90 Å². The molecule has 1 aromatic heterocycles. The van der Waals surface area contributed by atoms with E-state index in [1.165, 1.54) is 18.2 Å². The van der Waals surface area contributed by atoms with E-state index in [9.17, 15) is 4.79 Å². The molecule has 0 bridgehead atoms. The van der Waals surface area contributed by atoms with Crippen molar-refractivity contribution in [1.82, 2.24) is 24.6 Å². The van der Waals surface area contributed by atoms with Crippen LogP contribution in [0.5, 0.6) is 0 Å². The van der Waals surface area contributed by atoms with Crippen LogP contribution >= 0.6 is 23.4 Å². The minimum absolute atomic E-state index is 0.0744. The molecule has 1 aliphatic rings. The third-order valence-electron chi connectivity index (χ3n) is 5.70. The van der Waals surface area contributed by atoms with Gasteiger partial charge in [0.15, 0.2) is 11.0 Å². The Morgan fingerprint density at radius 3 is 2.41 bits per heavy atom. The molecule has 6 nitrogen and oxygen atoms in total. The molecule has 3 rings (SSSR count). The summed E-state index contributed by atoms with van der Waals surface area (Å²) in [5.41, 5.74) is 0.942. The van der Waals surface area contributed by atoms with Crippen LogP contribution in [-0.4, -0.2) is 62.4 Å². The summed E-state index contributed by atoms with van der Waals surface area (Å²) in [6.07, 6.45) is 3.34. The summed E-state index contributed by atoms with van der Waals surface area (Å²) in [4.78, 5) is 17.1. The van der Waals surface area contributed by atoms with Crippen LogP contribution < -0.4 is 0 Å². The molecule has 1 aromatic carbocycles. The predicted molar refractivity (Wildman–Crippen MR) is 119 cm³/mol. The molecule has 0 aliphatic carbocycles. The van der Waals surface area contributed by atoms with Crippen LogP contribution in [0.2, 0.25) is 5.02 Å². The first-order valence-electron chi connectivity index (χ1n) is 10.1. The van der Waals surface area contributed by atoms with Gasteiger partial charge in [-0.3, -0.25) is 14.3 Å². The van der Waals surface area contributed by atoms with Crippen LogP contribution in [0, 0.1) is 0 Å². The number of carbonyl (C=O) groups is 1. The molecule has 3 atom stereocenters. The Balaban J connectivity index is 1.85. The molecule has 1 fully saturated rings. The number of amides is 1. The van der Waals surface area contributed by atoms with Gasteiger partial charge in [-0.15, -0.1) is 10.2 Å². The highest BCUT2D eigenvalue weighted by Gasteiger charge is 2.29. The lowest BCUT2D eigenvalue weighted by Gasteiger charge is -2.39. The van der Waals surface area contributed by atoms with Crippen LogP contribution in [0.3, 0.4) is 0 Å². The van der Waals surface area contributed by atoms with E-state index < -0.39 is 0 Å². The molecule has 0 radical (unpaired) electrons. The van der Waals surface area contributed by atoms with Gasteiger partial charge in [-0.05, 0) is 78.4 Å². The number of piperidine rings is 1. The van der Waals surface area contributed by atoms with Gasteiger partial charge in [-0.1, -0.05) is 23.4 Å². The summed E-state index contributed by atoms with van der Waals surface area (Å²) in [6.45, 7) is 6.38. The average molecular weight is 436 g/mol. The number of hydrogen-bond acceptors (Lipinski definition) is 5. The number of thioether (sulfide) groups is 1. The maximum absolute atomic E-state index is 13.0. The van der Waals surface area contributed by atoms with Gasteiger partial charge in [-0.2, -0.15) is 0 Å². The molecule has 0 saturated carbocycles. The highest BCUT2D eigenvalue weighted by atomic mass is 35.5. The first-order valence-corrected chi connectivity index (χ1v) is 11.5. The van der Waals surface area contributed by atoms with Gasteiger partial charge >= 0.3 is 0 Å². The lowest BCUT2D eigenvalue weighted by molar-refractivity contribution is -0.134. The van der Waals surface area contributed by atoms with Gasteiger partial charge in [0.2, 0.25) is 5.91 Å². The molecule has 8 heteroatoms. The molecule has 1 saturated heterocycles. The van der Waals surface area contributed by atoms with Crippen LogP contribution in [0.25, 0.3) is 5.69 Å². The van der Waals surface area contributed by atoms with Gasteiger partial charge in [-0.25, -0.2) is 0 Å². The third kappa shape index (κ3) is 4.95. The van der Waals surface area contributed by atoms with Crippen LogP contribution in [0.4, 0.5) is 0 Å². The first-order chi connectivity index (χ1) is 13.8. The SMILES string of the molecule is C[C@@H](c1nnc(SCC(=O)N2[C@@H](C)CCC[C@@H]2C)n1-c1ccc(Cl)cc1)N(C)C. The number of carbonyl (C=O) groups excluding carboxylic acids is 1. The van der Waals surface area contributed by atoms with Crippen molar-refractivity contribution >= 4 is 29.3 Å². The van der Waals surface area contributed by atoms with Gasteiger partial charge in [0.25, 0.3) is 0 Å². The number of aromatic nitrogens is 3. The monoisotopic (exact) mass is 435 g/mol. The second-order valence-corrected chi connectivity index (χ2v) is 9.39. The summed E-state index contributed by atoms with van der Waals surface area (Å²) in [6, 6.07) is 8.30. The van der Waals surface area contributed by atoms with Crippen molar-refractivity contribution in [2.24, 2.45) is 0 Å². The summed E-state index contributed by atoms with van der Waals surface area (Å²) in [5, 5.41) is 10.3. The molecule has 1 aliphatic heterocycles. The fourth-order valence-corrected chi connectivity index (χ4v) is 4.78. The Kier molecular flexibility index (Phi) is 7.24. The van der Waals surface area contributed by atoms with E-state index in [1.807, 2.05) is 47.8 Å². The van der Waals surface area contributed by atoms with Crippen molar-refractivity contribution in [3.63, 3.8) is 0 Å². The van der Waals surface area contributed by atoms with E-state index in [4.69, 9.17) is 11.6 Å². The Morgan fingerprint density at radius 1 is 1.21 bits per heavy atom. The molecular weight excluding hydrogens is 406 g/mol. The maximum atomic E-state index is 13.0. The van der Waals surface area contributed by atoms with Gasteiger partial charge in [0, 0.05) is 22.8 Å². The summed E-state index contributed by atoms with van der Waals surface area (Å²) in [5.74, 6) is 1.37. The van der Waals surface area contributed by atoms with E-state index in [-0.39, 0.29) is 11.9 Å². The Labute approximate surface area is 182 Å². The van der Waals surface area contributed by atoms with Crippen molar-refractivity contribution in [3.05, 3.63) is 35.1 Å². The minimum Gasteiger partial charge on any atom is -0.337 e. The zero-order valence-corrected chi connectivity index (χ0v) is 19.4. The summed E-state index contributed by atoms with van der Waals surface area (Å²) < 4.78 is 2.03. The van der Waals surface area contributed by atoms with Crippen molar-refractivity contribution < 1.29 is 4.79 Å². The molecule has 0 unspecified atom stereocenters. The van der Waals surface area contributed by atoms with Crippen LogP contribution in [-0.2, 0) is 4.79 Å². The summed E-state index contributed by atoms with van der Waals surface area (Å²) >= 11 is 7.53. The Hall–Kier alpha value is -1.57. The van der Waals surface area contributed by atoms with E-state index in [1.54, 1.807) is 0 Å². The van der Waals surface area contributed by atoms with Gasteiger partial charge in [0.05, 0.1) is 11.8 Å². The quantitative estimate of drug-likeness (QED) is 0.628. The van der Waals surface area contributed by atoms with Gasteiger partial charge in [0.1, 0.15) is 0 Å². The number of benzene rings is 1. The Bertz CT molecular complexity index is 828. The molecule has 1 amide bonds. The highest BCUT2D eigenvalue weighted by Crippen LogP contribution is 2.29. The lowest BCUT2D eigenvalue weighted by Crippen LogP contribution is -2.48. The zero-order chi connectivity index (χ0) is 21.1.